The Labute approximate surface area is 70.0 Å². The molecule has 11 heavy (non-hydrogen) atoms. The lowest BCUT2D eigenvalue weighted by Crippen LogP contribution is -1.95. The Morgan fingerprint density at radius 1 is 1.45 bits per heavy atom. The number of nitrogens with zero attached hydrogens (tertiary/aromatic N) is 2. The van der Waals surface area contributed by atoms with Crippen LogP contribution in [0.5, 0.6) is 5.75 Å². The quantitative estimate of drug-likeness (QED) is 0.705. The van der Waals surface area contributed by atoms with Crippen molar-refractivity contribution in [2.75, 3.05) is 0 Å². The fourth-order valence-electron chi connectivity index (χ4n) is 0.780. The molecule has 0 aliphatic carbocycles. The Morgan fingerprint density at radius 2 is 2.09 bits per heavy atom. The first-order valence-electron chi connectivity index (χ1n) is 3.33. The van der Waals surface area contributed by atoms with Crippen molar-refractivity contribution in [3.8, 4) is 5.75 Å². The van der Waals surface area contributed by atoms with Gasteiger partial charge in [0.25, 0.3) is 0 Å². The van der Waals surface area contributed by atoms with E-state index in [1.807, 2.05) is 13.8 Å². The maximum Gasteiger partial charge on any atom is 0.155 e. The smallest absolute Gasteiger partial charge is 0.155 e. The van der Waals surface area contributed by atoms with Crippen LogP contribution in [0.3, 0.4) is 0 Å². The van der Waals surface area contributed by atoms with Gasteiger partial charge in [-0.3, -0.25) is 0 Å². The molecule has 0 bridgehead atoms. The number of aromatic hydroxyl groups is 1. The van der Waals surface area contributed by atoms with E-state index in [9.17, 15) is 5.11 Å². The summed E-state index contributed by atoms with van der Waals surface area (Å²) in [6.07, 6.45) is 0. The van der Waals surface area contributed by atoms with Gasteiger partial charge in [-0.15, -0.1) is 10.2 Å². The van der Waals surface area contributed by atoms with Crippen molar-refractivity contribution in [2.45, 2.75) is 19.8 Å². The Hall–Kier alpha value is -0.830. The minimum absolute atomic E-state index is 0.111. The molecule has 0 unspecified atom stereocenters. The summed E-state index contributed by atoms with van der Waals surface area (Å²) in [5.74, 6) is 0.278. The van der Waals surface area contributed by atoms with Gasteiger partial charge in [0.05, 0.1) is 0 Å². The van der Waals surface area contributed by atoms with Crippen LogP contribution < -0.4 is 0 Å². The summed E-state index contributed by atoms with van der Waals surface area (Å²) >= 11 is 5.49. The van der Waals surface area contributed by atoms with Crippen LogP contribution in [0, 0.1) is 0 Å². The van der Waals surface area contributed by atoms with Crippen LogP contribution in [0.1, 0.15) is 25.5 Å². The maximum absolute atomic E-state index is 9.27. The third kappa shape index (κ3) is 1.80. The van der Waals surface area contributed by atoms with Crippen molar-refractivity contribution in [3.63, 3.8) is 0 Å². The van der Waals surface area contributed by atoms with Crippen LogP contribution >= 0.6 is 11.6 Å². The first-order chi connectivity index (χ1) is 5.11. The number of hydrogen-bond donors (Lipinski definition) is 1. The molecule has 1 heterocycles. The Bertz CT molecular complexity index is 263. The zero-order valence-electron chi connectivity index (χ0n) is 6.37. The molecule has 0 saturated heterocycles. The zero-order valence-corrected chi connectivity index (χ0v) is 7.13. The van der Waals surface area contributed by atoms with Crippen LogP contribution in [0.15, 0.2) is 6.07 Å². The van der Waals surface area contributed by atoms with Crippen LogP contribution in [-0.2, 0) is 0 Å². The van der Waals surface area contributed by atoms with E-state index in [0.717, 1.165) is 0 Å². The van der Waals surface area contributed by atoms with Crippen molar-refractivity contribution in [1.29, 1.82) is 0 Å². The number of halogens is 1. The highest BCUT2D eigenvalue weighted by Crippen LogP contribution is 2.23. The number of rotatable bonds is 1. The summed E-state index contributed by atoms with van der Waals surface area (Å²) in [4.78, 5) is 0. The molecule has 0 aliphatic rings. The highest BCUT2D eigenvalue weighted by Gasteiger charge is 2.08. The van der Waals surface area contributed by atoms with E-state index < -0.39 is 0 Å². The molecule has 60 valence electrons. The summed E-state index contributed by atoms with van der Waals surface area (Å²) < 4.78 is 0. The molecule has 0 spiro atoms. The van der Waals surface area contributed by atoms with Gasteiger partial charge in [-0.05, 0) is 0 Å². The summed E-state index contributed by atoms with van der Waals surface area (Å²) in [6.45, 7) is 3.86. The van der Waals surface area contributed by atoms with Gasteiger partial charge in [0.15, 0.2) is 5.15 Å². The van der Waals surface area contributed by atoms with E-state index in [4.69, 9.17) is 11.6 Å². The molecule has 0 atom stereocenters. The fourth-order valence-corrected chi connectivity index (χ4v) is 0.921. The second-order valence-corrected chi connectivity index (χ2v) is 2.98. The molecule has 1 aromatic heterocycles. The molecule has 1 aromatic rings. The van der Waals surface area contributed by atoms with Crippen molar-refractivity contribution in [1.82, 2.24) is 10.2 Å². The van der Waals surface area contributed by atoms with Crippen LogP contribution in [0.25, 0.3) is 0 Å². The van der Waals surface area contributed by atoms with E-state index in [1.54, 1.807) is 0 Å². The molecule has 0 saturated carbocycles. The normalized spacial score (nSPS) is 10.5. The van der Waals surface area contributed by atoms with Gasteiger partial charge in [0.2, 0.25) is 0 Å². The van der Waals surface area contributed by atoms with Crippen LogP contribution in [0.4, 0.5) is 0 Å². The fraction of sp³-hybridized carbons (Fsp3) is 0.429. The van der Waals surface area contributed by atoms with Crippen LogP contribution in [0.2, 0.25) is 5.15 Å². The molecule has 0 fully saturated rings. The maximum atomic E-state index is 9.27. The van der Waals surface area contributed by atoms with E-state index >= 15 is 0 Å². The Balaban J connectivity index is 3.09. The van der Waals surface area contributed by atoms with Crippen molar-refractivity contribution in [2.24, 2.45) is 0 Å². The standard InChI is InChI=1S/C7H9ClN2O/c1-4(2)7-5(11)3-6(8)9-10-7/h3-4H,1-2H3,(H,9,11). The SMILES string of the molecule is CC(C)c1nnc(Cl)cc1O. The first-order valence-corrected chi connectivity index (χ1v) is 3.71. The predicted octanol–water partition coefficient (Wildman–Crippen LogP) is 1.96. The molecule has 1 rings (SSSR count). The summed E-state index contributed by atoms with van der Waals surface area (Å²) in [7, 11) is 0. The van der Waals surface area contributed by atoms with Gasteiger partial charge in [-0.25, -0.2) is 0 Å². The summed E-state index contributed by atoms with van der Waals surface area (Å²) in [5, 5.41) is 16.9. The summed E-state index contributed by atoms with van der Waals surface area (Å²) in [6, 6.07) is 1.39. The lowest BCUT2D eigenvalue weighted by atomic mass is 10.1. The lowest BCUT2D eigenvalue weighted by Gasteiger charge is -2.04. The molecular weight excluding hydrogens is 164 g/mol. The predicted molar refractivity (Wildman–Crippen MR) is 42.8 cm³/mol. The van der Waals surface area contributed by atoms with E-state index in [-0.39, 0.29) is 16.8 Å². The van der Waals surface area contributed by atoms with Gasteiger partial charge >= 0.3 is 0 Å². The average molecular weight is 173 g/mol. The molecule has 0 aliphatic heterocycles. The highest BCUT2D eigenvalue weighted by molar-refractivity contribution is 6.29. The van der Waals surface area contributed by atoms with Gasteiger partial charge in [0, 0.05) is 12.0 Å². The first kappa shape index (κ1) is 8.27. The number of hydrogen-bond acceptors (Lipinski definition) is 3. The molecule has 4 heteroatoms. The van der Waals surface area contributed by atoms with Crippen molar-refractivity contribution >= 4 is 11.6 Å². The van der Waals surface area contributed by atoms with Gasteiger partial charge in [0.1, 0.15) is 11.4 Å². The minimum Gasteiger partial charge on any atom is -0.506 e. The minimum atomic E-state index is 0.111. The Kier molecular flexibility index (Phi) is 2.29. The van der Waals surface area contributed by atoms with Crippen molar-refractivity contribution < 1.29 is 5.11 Å². The lowest BCUT2D eigenvalue weighted by molar-refractivity contribution is 0.457. The highest BCUT2D eigenvalue weighted by atomic mass is 35.5. The van der Waals surface area contributed by atoms with Gasteiger partial charge in [-0.2, -0.15) is 0 Å². The average Bonchev–Trinajstić information content (AvgIpc) is 1.85. The third-order valence-corrected chi connectivity index (χ3v) is 1.50. The second kappa shape index (κ2) is 3.05. The molecule has 0 amide bonds. The zero-order chi connectivity index (χ0) is 8.43. The van der Waals surface area contributed by atoms with Gasteiger partial charge in [-0.1, -0.05) is 25.4 Å². The summed E-state index contributed by atoms with van der Waals surface area (Å²) in [5.41, 5.74) is 0.578. The van der Waals surface area contributed by atoms with Crippen molar-refractivity contribution in [3.05, 3.63) is 16.9 Å². The van der Waals surface area contributed by atoms with E-state index in [2.05, 4.69) is 10.2 Å². The third-order valence-electron chi connectivity index (χ3n) is 1.32. The van der Waals surface area contributed by atoms with E-state index in [0.29, 0.717) is 5.69 Å². The molecular formula is C7H9ClN2O. The topological polar surface area (TPSA) is 46.0 Å². The van der Waals surface area contributed by atoms with E-state index in [1.165, 1.54) is 6.07 Å². The molecule has 3 nitrogen and oxygen atoms in total. The van der Waals surface area contributed by atoms with Gasteiger partial charge < -0.3 is 5.11 Å². The Morgan fingerprint density at radius 3 is 2.55 bits per heavy atom. The number of aromatic nitrogens is 2. The molecule has 1 N–H and O–H groups in total. The largest absolute Gasteiger partial charge is 0.506 e. The molecule has 0 radical (unpaired) electrons. The molecule has 0 aromatic carbocycles. The second-order valence-electron chi connectivity index (χ2n) is 2.59. The monoisotopic (exact) mass is 172 g/mol. The van der Waals surface area contributed by atoms with Crippen LogP contribution in [-0.4, -0.2) is 15.3 Å².